The van der Waals surface area contributed by atoms with Crippen LogP contribution in [0.15, 0.2) is 18.2 Å². The molecule has 17 heavy (non-hydrogen) atoms. The molecule has 3 rings (SSSR count). The van der Waals surface area contributed by atoms with Gasteiger partial charge in [0.1, 0.15) is 0 Å². The van der Waals surface area contributed by atoms with Crippen molar-refractivity contribution >= 4 is 21.6 Å². The van der Waals surface area contributed by atoms with Crippen molar-refractivity contribution in [3.05, 3.63) is 28.8 Å². The third kappa shape index (κ3) is 2.35. The molecule has 0 saturated carbocycles. The van der Waals surface area contributed by atoms with Gasteiger partial charge in [-0.15, -0.1) is 11.3 Å². The first-order valence-electron chi connectivity index (χ1n) is 6.47. The fraction of sp³-hybridized carbons (Fsp3) is 0.500. The van der Waals surface area contributed by atoms with Gasteiger partial charge in [-0.1, -0.05) is 13.0 Å². The number of aryl methyl sites for hydroxylation is 1. The molecule has 0 spiro atoms. The van der Waals surface area contributed by atoms with E-state index in [0.29, 0.717) is 6.04 Å². The zero-order valence-corrected chi connectivity index (χ0v) is 11.0. The average Bonchev–Trinajstić information content (AvgIpc) is 2.96. The summed E-state index contributed by atoms with van der Waals surface area (Å²) in [7, 11) is 0. The maximum Gasteiger partial charge on any atom is 0.0935 e. The highest BCUT2D eigenvalue weighted by atomic mass is 32.1. The number of nitrogens with one attached hydrogen (secondary N) is 1. The molecule has 1 N–H and O–H groups in total. The molecule has 1 aromatic carbocycles. The molecular weight excluding hydrogens is 228 g/mol. The minimum atomic E-state index is 0.686. The lowest BCUT2D eigenvalue weighted by molar-refractivity contribution is 0.603. The summed E-state index contributed by atoms with van der Waals surface area (Å²) >= 11 is 1.84. The molecule has 1 aliphatic heterocycles. The lowest BCUT2D eigenvalue weighted by atomic mass is 10.0. The van der Waals surface area contributed by atoms with E-state index in [2.05, 4.69) is 35.4 Å². The van der Waals surface area contributed by atoms with Crippen LogP contribution >= 0.6 is 11.3 Å². The van der Waals surface area contributed by atoms with E-state index in [-0.39, 0.29) is 0 Å². The van der Waals surface area contributed by atoms with Crippen LogP contribution in [-0.4, -0.2) is 17.6 Å². The maximum absolute atomic E-state index is 4.61. The zero-order chi connectivity index (χ0) is 11.7. The monoisotopic (exact) mass is 246 g/mol. The van der Waals surface area contributed by atoms with E-state index in [1.54, 1.807) is 0 Å². The van der Waals surface area contributed by atoms with E-state index in [9.17, 15) is 0 Å². The highest BCUT2D eigenvalue weighted by Crippen LogP contribution is 2.24. The van der Waals surface area contributed by atoms with Crippen LogP contribution in [0.1, 0.15) is 30.3 Å². The molecule has 2 aromatic rings. The summed E-state index contributed by atoms with van der Waals surface area (Å²) in [6.07, 6.45) is 4.85. The molecule has 0 radical (unpaired) electrons. The molecule has 0 aliphatic carbocycles. The SMILES string of the molecule is CCc1nc2ccc(CC3CCCN3)cc2s1. The van der Waals surface area contributed by atoms with Crippen LogP contribution in [0.25, 0.3) is 10.2 Å². The first-order chi connectivity index (χ1) is 8.35. The number of rotatable bonds is 3. The second-order valence-corrected chi connectivity index (χ2v) is 5.88. The zero-order valence-electron chi connectivity index (χ0n) is 10.2. The van der Waals surface area contributed by atoms with Crippen LogP contribution < -0.4 is 5.32 Å². The molecule has 0 amide bonds. The van der Waals surface area contributed by atoms with E-state index in [1.165, 1.54) is 34.7 Å². The molecule has 3 heteroatoms. The Morgan fingerprint density at radius 3 is 3.18 bits per heavy atom. The van der Waals surface area contributed by atoms with Crippen molar-refractivity contribution in [3.8, 4) is 0 Å². The van der Waals surface area contributed by atoms with Crippen LogP contribution in [0, 0.1) is 0 Å². The third-order valence-electron chi connectivity index (χ3n) is 3.44. The van der Waals surface area contributed by atoms with E-state index < -0.39 is 0 Å². The lowest BCUT2D eigenvalue weighted by Gasteiger charge is -2.09. The number of fused-ring (bicyclic) bond motifs is 1. The quantitative estimate of drug-likeness (QED) is 0.900. The smallest absolute Gasteiger partial charge is 0.0935 e. The second-order valence-electron chi connectivity index (χ2n) is 4.76. The normalized spacial score (nSPS) is 20.2. The van der Waals surface area contributed by atoms with Gasteiger partial charge in [0.25, 0.3) is 0 Å². The van der Waals surface area contributed by atoms with Crippen molar-refractivity contribution < 1.29 is 0 Å². The molecule has 1 atom stereocenters. The highest BCUT2D eigenvalue weighted by molar-refractivity contribution is 7.18. The number of aromatic nitrogens is 1. The maximum atomic E-state index is 4.61. The Labute approximate surface area is 106 Å². The summed E-state index contributed by atoms with van der Waals surface area (Å²) in [5.74, 6) is 0. The third-order valence-corrected chi connectivity index (χ3v) is 4.61. The van der Waals surface area contributed by atoms with E-state index in [1.807, 2.05) is 11.3 Å². The van der Waals surface area contributed by atoms with Gasteiger partial charge >= 0.3 is 0 Å². The number of benzene rings is 1. The fourth-order valence-corrected chi connectivity index (χ4v) is 3.48. The Hall–Kier alpha value is -0.930. The van der Waals surface area contributed by atoms with Crippen molar-refractivity contribution in [1.82, 2.24) is 10.3 Å². The Balaban J connectivity index is 1.84. The topological polar surface area (TPSA) is 24.9 Å². The van der Waals surface area contributed by atoms with Crippen molar-refractivity contribution in [2.24, 2.45) is 0 Å². The number of nitrogens with zero attached hydrogens (tertiary/aromatic N) is 1. The molecule has 2 heterocycles. The van der Waals surface area contributed by atoms with Gasteiger partial charge in [-0.2, -0.15) is 0 Å². The predicted octanol–water partition coefficient (Wildman–Crippen LogP) is 3.15. The van der Waals surface area contributed by atoms with Crippen molar-refractivity contribution in [2.75, 3.05) is 6.54 Å². The molecule has 90 valence electrons. The fourth-order valence-electron chi connectivity index (χ4n) is 2.51. The number of hydrogen-bond acceptors (Lipinski definition) is 3. The lowest BCUT2D eigenvalue weighted by Crippen LogP contribution is -2.23. The van der Waals surface area contributed by atoms with Crippen molar-refractivity contribution in [1.29, 1.82) is 0 Å². The summed E-state index contributed by atoms with van der Waals surface area (Å²) in [4.78, 5) is 4.61. The van der Waals surface area contributed by atoms with Crippen molar-refractivity contribution in [3.63, 3.8) is 0 Å². The highest BCUT2D eigenvalue weighted by Gasteiger charge is 2.14. The Morgan fingerprint density at radius 2 is 2.41 bits per heavy atom. The van der Waals surface area contributed by atoms with Gasteiger partial charge in [0, 0.05) is 6.04 Å². The minimum Gasteiger partial charge on any atom is -0.314 e. The van der Waals surface area contributed by atoms with Crippen molar-refractivity contribution in [2.45, 2.75) is 38.6 Å². The Morgan fingerprint density at radius 1 is 1.47 bits per heavy atom. The van der Waals surface area contributed by atoms with Crippen LogP contribution in [-0.2, 0) is 12.8 Å². The van der Waals surface area contributed by atoms with Gasteiger partial charge < -0.3 is 5.32 Å². The van der Waals surface area contributed by atoms with Gasteiger partial charge in [0.15, 0.2) is 0 Å². The van der Waals surface area contributed by atoms with Gasteiger partial charge in [-0.3, -0.25) is 0 Å². The summed E-state index contributed by atoms with van der Waals surface area (Å²) < 4.78 is 1.34. The summed E-state index contributed by atoms with van der Waals surface area (Å²) in [6, 6.07) is 7.43. The van der Waals surface area contributed by atoms with E-state index in [4.69, 9.17) is 0 Å². The van der Waals surface area contributed by atoms with Gasteiger partial charge in [0.2, 0.25) is 0 Å². The first-order valence-corrected chi connectivity index (χ1v) is 7.28. The summed E-state index contributed by atoms with van der Waals surface area (Å²) in [6.45, 7) is 3.36. The molecule has 0 bridgehead atoms. The van der Waals surface area contributed by atoms with Crippen LogP contribution in [0.2, 0.25) is 0 Å². The molecule has 1 aromatic heterocycles. The van der Waals surface area contributed by atoms with E-state index >= 15 is 0 Å². The predicted molar refractivity (Wildman–Crippen MR) is 73.7 cm³/mol. The molecule has 2 nitrogen and oxygen atoms in total. The molecule has 1 fully saturated rings. The minimum absolute atomic E-state index is 0.686. The number of hydrogen-bond donors (Lipinski definition) is 1. The Bertz CT molecular complexity index is 512. The van der Waals surface area contributed by atoms with Gasteiger partial charge in [-0.25, -0.2) is 4.98 Å². The van der Waals surface area contributed by atoms with Gasteiger partial charge in [0.05, 0.1) is 15.2 Å². The Kier molecular flexibility index (Phi) is 3.12. The molecule has 1 saturated heterocycles. The summed E-state index contributed by atoms with van der Waals surface area (Å²) in [5, 5.41) is 4.80. The van der Waals surface area contributed by atoms with E-state index in [0.717, 1.165) is 18.4 Å². The van der Waals surface area contributed by atoms with Crippen LogP contribution in [0.5, 0.6) is 0 Å². The molecular formula is C14H18N2S. The van der Waals surface area contributed by atoms with Gasteiger partial charge in [-0.05, 0) is 49.9 Å². The molecule has 1 unspecified atom stereocenters. The largest absolute Gasteiger partial charge is 0.314 e. The standard InChI is InChI=1S/C14H18N2S/c1-2-14-16-12-6-5-10(9-13(12)17-14)8-11-4-3-7-15-11/h5-6,9,11,15H,2-4,7-8H2,1H3. The first kappa shape index (κ1) is 11.2. The number of thiazole rings is 1. The summed E-state index contributed by atoms with van der Waals surface area (Å²) in [5.41, 5.74) is 2.61. The average molecular weight is 246 g/mol. The van der Waals surface area contributed by atoms with Crippen LogP contribution in [0.4, 0.5) is 0 Å². The molecule has 1 aliphatic rings. The second kappa shape index (κ2) is 4.75. The van der Waals surface area contributed by atoms with Crippen LogP contribution in [0.3, 0.4) is 0 Å².